The summed E-state index contributed by atoms with van der Waals surface area (Å²) in [5.74, 6) is 1.01. The fraction of sp³-hybridized carbons (Fsp3) is 0.273. The summed E-state index contributed by atoms with van der Waals surface area (Å²) in [6.45, 7) is 0.768. The molecule has 1 N–H and O–H groups in total. The summed E-state index contributed by atoms with van der Waals surface area (Å²) in [6, 6.07) is 8.17. The molecule has 1 aliphatic rings. The van der Waals surface area contributed by atoms with Gasteiger partial charge in [-0.15, -0.1) is 0 Å². The predicted octanol–water partition coefficient (Wildman–Crippen LogP) is 1.95. The van der Waals surface area contributed by atoms with E-state index in [1.54, 1.807) is 6.33 Å². The summed E-state index contributed by atoms with van der Waals surface area (Å²) in [7, 11) is 0. The van der Waals surface area contributed by atoms with Gasteiger partial charge >= 0.3 is 0 Å². The lowest BCUT2D eigenvalue weighted by Gasteiger charge is -2.10. The molecule has 1 unspecified atom stereocenters. The van der Waals surface area contributed by atoms with Gasteiger partial charge in [0.1, 0.15) is 18.2 Å². The Bertz CT molecular complexity index is 447. The number of fused-ring (bicyclic) bond motifs is 1. The Morgan fingerprint density at radius 1 is 1.44 bits per heavy atom. The number of rotatable bonds is 3. The molecule has 1 aliphatic heterocycles. The van der Waals surface area contributed by atoms with Gasteiger partial charge in [0.15, 0.2) is 0 Å². The normalized spacial score (nSPS) is 17.9. The number of aromatic nitrogens is 2. The molecule has 82 valence electrons. The molecule has 0 saturated heterocycles. The number of para-hydroxylation sites is 1. The molecular formula is C11H11N3OS. The molecule has 0 fully saturated rings. The SMILES string of the molecule is c1ccc2c(c1)CC(CNc1ncns1)O2. The van der Waals surface area contributed by atoms with Gasteiger partial charge in [0.25, 0.3) is 0 Å². The summed E-state index contributed by atoms with van der Waals surface area (Å²) in [5, 5.41) is 4.07. The van der Waals surface area contributed by atoms with Crippen LogP contribution in [0.1, 0.15) is 5.56 Å². The maximum Gasteiger partial charge on any atom is 0.202 e. The maximum atomic E-state index is 5.80. The minimum Gasteiger partial charge on any atom is -0.488 e. The molecule has 0 spiro atoms. The van der Waals surface area contributed by atoms with E-state index in [1.165, 1.54) is 17.1 Å². The molecule has 1 aromatic heterocycles. The Labute approximate surface area is 97.5 Å². The zero-order chi connectivity index (χ0) is 10.8. The molecule has 16 heavy (non-hydrogen) atoms. The van der Waals surface area contributed by atoms with Gasteiger partial charge in [-0.1, -0.05) is 18.2 Å². The first kappa shape index (κ1) is 9.59. The van der Waals surface area contributed by atoms with E-state index >= 15 is 0 Å². The monoisotopic (exact) mass is 233 g/mol. The van der Waals surface area contributed by atoms with Gasteiger partial charge < -0.3 is 10.1 Å². The number of hydrogen-bond donors (Lipinski definition) is 1. The third-order valence-corrected chi connectivity index (χ3v) is 3.18. The summed E-state index contributed by atoms with van der Waals surface area (Å²) in [6.07, 6.45) is 2.71. The van der Waals surface area contributed by atoms with Gasteiger partial charge in [-0.05, 0) is 11.6 Å². The molecule has 0 amide bonds. The van der Waals surface area contributed by atoms with Crippen LogP contribution in [0.25, 0.3) is 0 Å². The highest BCUT2D eigenvalue weighted by Crippen LogP contribution is 2.28. The van der Waals surface area contributed by atoms with Gasteiger partial charge in [-0.2, -0.15) is 4.37 Å². The molecule has 2 aromatic rings. The fourth-order valence-corrected chi connectivity index (χ4v) is 2.26. The summed E-state index contributed by atoms with van der Waals surface area (Å²) < 4.78 is 9.73. The van der Waals surface area contributed by atoms with Gasteiger partial charge in [-0.3, -0.25) is 0 Å². The third-order valence-electron chi connectivity index (χ3n) is 2.56. The fourth-order valence-electron chi connectivity index (χ4n) is 1.82. The van der Waals surface area contributed by atoms with Gasteiger partial charge in [-0.25, -0.2) is 4.98 Å². The van der Waals surface area contributed by atoms with Crippen LogP contribution in [-0.4, -0.2) is 22.0 Å². The average molecular weight is 233 g/mol. The van der Waals surface area contributed by atoms with E-state index in [-0.39, 0.29) is 6.10 Å². The zero-order valence-corrected chi connectivity index (χ0v) is 9.41. The van der Waals surface area contributed by atoms with E-state index in [9.17, 15) is 0 Å². The van der Waals surface area contributed by atoms with Crippen molar-refractivity contribution in [3.8, 4) is 5.75 Å². The molecule has 0 radical (unpaired) electrons. The van der Waals surface area contributed by atoms with E-state index in [2.05, 4.69) is 20.7 Å². The van der Waals surface area contributed by atoms with Crippen LogP contribution in [0.3, 0.4) is 0 Å². The highest BCUT2D eigenvalue weighted by molar-refractivity contribution is 7.09. The van der Waals surface area contributed by atoms with E-state index in [0.29, 0.717) is 0 Å². The second-order valence-electron chi connectivity index (χ2n) is 3.68. The minimum absolute atomic E-state index is 0.196. The zero-order valence-electron chi connectivity index (χ0n) is 8.59. The van der Waals surface area contributed by atoms with Crippen LogP contribution in [0.4, 0.5) is 5.13 Å². The Morgan fingerprint density at radius 2 is 2.38 bits per heavy atom. The molecule has 0 aliphatic carbocycles. The molecular weight excluding hydrogens is 222 g/mol. The standard InChI is InChI=1S/C11H11N3OS/c1-2-4-10-8(3-1)5-9(15-10)6-12-11-13-7-14-16-11/h1-4,7,9H,5-6H2,(H,12,13,14). The van der Waals surface area contributed by atoms with Crippen molar-refractivity contribution in [3.05, 3.63) is 36.2 Å². The predicted molar refractivity (Wildman–Crippen MR) is 63.0 cm³/mol. The second kappa shape index (κ2) is 4.09. The van der Waals surface area contributed by atoms with Crippen LogP contribution in [0.2, 0.25) is 0 Å². The van der Waals surface area contributed by atoms with Gasteiger partial charge in [0.2, 0.25) is 5.13 Å². The molecule has 4 nitrogen and oxygen atoms in total. The van der Waals surface area contributed by atoms with E-state index in [0.717, 1.165) is 23.8 Å². The first-order valence-corrected chi connectivity index (χ1v) is 5.94. The van der Waals surface area contributed by atoms with Crippen LogP contribution in [0.5, 0.6) is 5.75 Å². The number of anilines is 1. The van der Waals surface area contributed by atoms with Crippen molar-refractivity contribution in [2.75, 3.05) is 11.9 Å². The number of nitrogens with zero attached hydrogens (tertiary/aromatic N) is 2. The number of nitrogens with one attached hydrogen (secondary N) is 1. The van der Waals surface area contributed by atoms with Crippen LogP contribution in [0, 0.1) is 0 Å². The smallest absolute Gasteiger partial charge is 0.202 e. The largest absolute Gasteiger partial charge is 0.488 e. The first-order valence-electron chi connectivity index (χ1n) is 5.17. The quantitative estimate of drug-likeness (QED) is 0.880. The van der Waals surface area contributed by atoms with Crippen molar-refractivity contribution in [2.24, 2.45) is 0 Å². The Hall–Kier alpha value is -1.62. The molecule has 3 rings (SSSR count). The highest BCUT2D eigenvalue weighted by Gasteiger charge is 2.21. The number of ether oxygens (including phenoxy) is 1. The Balaban J connectivity index is 1.60. The number of hydrogen-bond acceptors (Lipinski definition) is 5. The van der Waals surface area contributed by atoms with Gasteiger partial charge in [0, 0.05) is 18.0 Å². The summed E-state index contributed by atoms with van der Waals surface area (Å²) in [4.78, 5) is 4.07. The summed E-state index contributed by atoms with van der Waals surface area (Å²) in [5.41, 5.74) is 1.28. The Morgan fingerprint density at radius 3 is 3.19 bits per heavy atom. The van der Waals surface area contributed by atoms with Crippen LogP contribution >= 0.6 is 11.5 Å². The van der Waals surface area contributed by atoms with E-state index in [4.69, 9.17) is 4.74 Å². The lowest BCUT2D eigenvalue weighted by atomic mass is 10.1. The number of benzene rings is 1. The van der Waals surface area contributed by atoms with Gasteiger partial charge in [0.05, 0.1) is 6.54 Å². The molecule has 0 saturated carbocycles. The third kappa shape index (κ3) is 1.86. The van der Waals surface area contributed by atoms with Crippen LogP contribution in [0.15, 0.2) is 30.6 Å². The van der Waals surface area contributed by atoms with Crippen molar-refractivity contribution in [3.63, 3.8) is 0 Å². The summed E-state index contributed by atoms with van der Waals surface area (Å²) >= 11 is 1.36. The second-order valence-corrected chi connectivity index (χ2v) is 4.46. The van der Waals surface area contributed by atoms with E-state index < -0.39 is 0 Å². The molecule has 2 heterocycles. The molecule has 1 atom stereocenters. The minimum atomic E-state index is 0.196. The van der Waals surface area contributed by atoms with Crippen molar-refractivity contribution in [2.45, 2.75) is 12.5 Å². The van der Waals surface area contributed by atoms with E-state index in [1.807, 2.05) is 18.2 Å². The topological polar surface area (TPSA) is 47.0 Å². The lowest BCUT2D eigenvalue weighted by Crippen LogP contribution is -2.23. The van der Waals surface area contributed by atoms with Crippen molar-refractivity contribution >= 4 is 16.7 Å². The first-order chi connectivity index (χ1) is 7.92. The van der Waals surface area contributed by atoms with Crippen molar-refractivity contribution in [1.29, 1.82) is 0 Å². The molecule has 5 heteroatoms. The lowest BCUT2D eigenvalue weighted by molar-refractivity contribution is 0.246. The maximum absolute atomic E-state index is 5.80. The van der Waals surface area contributed by atoms with Crippen molar-refractivity contribution in [1.82, 2.24) is 9.36 Å². The average Bonchev–Trinajstić information content (AvgIpc) is 2.95. The molecule has 0 bridgehead atoms. The highest BCUT2D eigenvalue weighted by atomic mass is 32.1. The molecule has 1 aromatic carbocycles. The van der Waals surface area contributed by atoms with Crippen molar-refractivity contribution < 1.29 is 4.74 Å². The van der Waals surface area contributed by atoms with Crippen LogP contribution in [-0.2, 0) is 6.42 Å². The Kier molecular flexibility index (Phi) is 2.46. The van der Waals surface area contributed by atoms with Crippen LogP contribution < -0.4 is 10.1 Å².